The van der Waals surface area contributed by atoms with Gasteiger partial charge in [-0.05, 0) is 83.6 Å². The summed E-state index contributed by atoms with van der Waals surface area (Å²) in [5.41, 5.74) is 0.440. The van der Waals surface area contributed by atoms with E-state index in [1.807, 2.05) is 7.11 Å². The number of rotatable bonds is 37. The lowest BCUT2D eigenvalue weighted by molar-refractivity contribution is -0.0775. The van der Waals surface area contributed by atoms with Gasteiger partial charge >= 0.3 is 0 Å². The van der Waals surface area contributed by atoms with Crippen molar-refractivity contribution in [3.8, 4) is 0 Å². The van der Waals surface area contributed by atoms with Crippen LogP contribution in [0.1, 0.15) is 249 Å². The first-order valence-corrected chi connectivity index (χ1v) is 22.6. The fourth-order valence-electron chi connectivity index (χ4n) is 8.29. The molecule has 50 heavy (non-hydrogen) atoms. The second kappa shape index (κ2) is 29.3. The summed E-state index contributed by atoms with van der Waals surface area (Å²) in [6.45, 7) is 25.7. The maximum atomic E-state index is 6.57. The highest BCUT2D eigenvalue weighted by Crippen LogP contribution is 2.43. The largest absolute Gasteiger partial charge is 0.379 e. The summed E-state index contributed by atoms with van der Waals surface area (Å²) in [7, 11) is 4.27. The predicted octanol–water partition coefficient (Wildman–Crippen LogP) is 15.5. The van der Waals surface area contributed by atoms with Crippen LogP contribution in [0.5, 0.6) is 0 Å². The van der Waals surface area contributed by atoms with Crippen LogP contribution in [0, 0.1) is 10.8 Å². The number of hydrogen-bond acceptors (Lipinski definition) is 3. The molecule has 3 nitrogen and oxygen atoms in total. The van der Waals surface area contributed by atoms with E-state index in [2.05, 4.69) is 81.2 Å². The van der Waals surface area contributed by atoms with E-state index >= 15 is 0 Å². The fraction of sp³-hybridized carbons (Fsp3) is 1.00. The van der Waals surface area contributed by atoms with E-state index < -0.39 is 0 Å². The Kier molecular flexibility index (Phi) is 29.2. The van der Waals surface area contributed by atoms with Crippen molar-refractivity contribution < 1.29 is 9.47 Å². The first-order chi connectivity index (χ1) is 23.7. The Morgan fingerprint density at radius 3 is 1.32 bits per heavy atom. The van der Waals surface area contributed by atoms with Crippen LogP contribution < -0.4 is 0 Å². The Morgan fingerprint density at radius 1 is 0.520 bits per heavy atom. The third-order valence-electron chi connectivity index (χ3n) is 12.6. The van der Waals surface area contributed by atoms with Crippen LogP contribution >= 0.6 is 0 Å². The number of hydrogen-bond donors (Lipinski definition) is 0. The van der Waals surface area contributed by atoms with Crippen LogP contribution in [-0.4, -0.2) is 49.5 Å². The van der Waals surface area contributed by atoms with Gasteiger partial charge in [0.05, 0.1) is 17.8 Å². The minimum atomic E-state index is -0.123. The van der Waals surface area contributed by atoms with E-state index in [1.54, 1.807) is 0 Å². The van der Waals surface area contributed by atoms with Gasteiger partial charge < -0.3 is 14.4 Å². The third-order valence-corrected chi connectivity index (χ3v) is 12.6. The molecule has 302 valence electrons. The topological polar surface area (TPSA) is 21.7 Å². The zero-order valence-corrected chi connectivity index (χ0v) is 37.1. The summed E-state index contributed by atoms with van der Waals surface area (Å²) in [5, 5.41) is 0. The molecule has 0 radical (unpaired) electrons. The Labute approximate surface area is 318 Å². The SMILES string of the molecule is CCCCCCCCCCCCC(CCCCCCCCCCCC)N(C)CC(C)(C)CC(C)(CC)CCC(C)(CC)OCCC(C)(C)OC. The number of unbranched alkanes of at least 4 members (excludes halogenated alkanes) is 18. The zero-order valence-electron chi connectivity index (χ0n) is 37.1. The highest BCUT2D eigenvalue weighted by molar-refractivity contribution is 4.87. The molecule has 0 saturated carbocycles. The van der Waals surface area contributed by atoms with Gasteiger partial charge in [-0.2, -0.15) is 0 Å². The normalized spacial score (nSPS) is 15.2. The van der Waals surface area contributed by atoms with Gasteiger partial charge in [0.15, 0.2) is 0 Å². The Morgan fingerprint density at radius 2 is 0.940 bits per heavy atom. The molecule has 0 aromatic carbocycles. The molecule has 0 saturated heterocycles. The van der Waals surface area contributed by atoms with Gasteiger partial charge in [-0.15, -0.1) is 0 Å². The van der Waals surface area contributed by atoms with Gasteiger partial charge in [0, 0.05) is 19.7 Å². The molecule has 0 rings (SSSR count). The Hall–Kier alpha value is -0.120. The highest BCUT2D eigenvalue weighted by atomic mass is 16.5. The fourth-order valence-corrected chi connectivity index (χ4v) is 8.29. The molecule has 0 fully saturated rings. The molecule has 0 aliphatic carbocycles. The van der Waals surface area contributed by atoms with Gasteiger partial charge in [-0.1, -0.05) is 183 Å². The molecule has 2 unspecified atom stereocenters. The lowest BCUT2D eigenvalue weighted by atomic mass is 9.68. The van der Waals surface area contributed by atoms with Crippen LogP contribution in [0.4, 0.5) is 0 Å². The van der Waals surface area contributed by atoms with Gasteiger partial charge in [-0.3, -0.25) is 0 Å². The predicted molar refractivity (Wildman–Crippen MR) is 226 cm³/mol. The van der Waals surface area contributed by atoms with Crippen LogP contribution in [-0.2, 0) is 9.47 Å². The van der Waals surface area contributed by atoms with Crippen molar-refractivity contribution in [1.82, 2.24) is 4.90 Å². The molecule has 0 bridgehead atoms. The summed E-state index contributed by atoms with van der Waals surface area (Å²) in [4.78, 5) is 2.80. The lowest BCUT2D eigenvalue weighted by Gasteiger charge is -2.42. The molecule has 0 aromatic rings. The molecule has 0 aliphatic heterocycles. The minimum absolute atomic E-state index is 0.0591. The molecule has 0 aliphatic rings. The maximum Gasteiger partial charge on any atom is 0.0652 e. The van der Waals surface area contributed by atoms with Crippen LogP contribution in [0.2, 0.25) is 0 Å². The summed E-state index contributed by atoms with van der Waals surface area (Å²) < 4.78 is 12.2. The van der Waals surface area contributed by atoms with E-state index in [9.17, 15) is 0 Å². The minimum Gasteiger partial charge on any atom is -0.379 e. The van der Waals surface area contributed by atoms with Crippen LogP contribution in [0.25, 0.3) is 0 Å². The molecule has 0 heterocycles. The second-order valence-electron chi connectivity index (χ2n) is 18.9. The zero-order chi connectivity index (χ0) is 37.8. The monoisotopic (exact) mass is 708 g/mol. The lowest BCUT2D eigenvalue weighted by Crippen LogP contribution is -2.41. The molecule has 3 heteroatoms. The molecule has 2 atom stereocenters. The molecule has 0 aromatic heterocycles. The Balaban J connectivity index is 5.08. The Bertz CT molecular complexity index is 725. The standard InChI is InChI=1S/C47H97NO2/c1-13-17-19-21-23-25-27-29-31-33-35-43(36-34-32-30-28-26-24-22-20-18-14-2)48(11)42-44(5,6)41-46(9,15-3)37-38-47(10,16-4)50-40-39-45(7,8)49-12/h43H,13-42H2,1-12H3. The molecule has 0 amide bonds. The maximum absolute atomic E-state index is 6.57. The molecule has 0 spiro atoms. The molecular weight excluding hydrogens is 611 g/mol. The average molecular weight is 708 g/mol. The second-order valence-corrected chi connectivity index (χ2v) is 18.9. The van der Waals surface area contributed by atoms with Crippen molar-refractivity contribution in [2.75, 3.05) is 27.3 Å². The number of ether oxygens (including phenoxy) is 2. The first-order valence-electron chi connectivity index (χ1n) is 22.6. The van der Waals surface area contributed by atoms with Crippen molar-refractivity contribution in [1.29, 1.82) is 0 Å². The summed E-state index contributed by atoms with van der Waals surface area (Å²) >= 11 is 0. The van der Waals surface area contributed by atoms with E-state index in [0.717, 1.165) is 31.9 Å². The van der Waals surface area contributed by atoms with Gasteiger partial charge in [0.2, 0.25) is 0 Å². The number of nitrogens with zero attached hydrogens (tertiary/aromatic N) is 1. The molecular formula is C47H97NO2. The van der Waals surface area contributed by atoms with E-state index in [4.69, 9.17) is 9.47 Å². The third kappa shape index (κ3) is 26.6. The van der Waals surface area contributed by atoms with E-state index in [-0.39, 0.29) is 11.2 Å². The quantitative estimate of drug-likeness (QED) is 0.0600. The van der Waals surface area contributed by atoms with Gasteiger partial charge in [0.25, 0.3) is 0 Å². The van der Waals surface area contributed by atoms with E-state index in [1.165, 1.54) is 167 Å². The van der Waals surface area contributed by atoms with Crippen LogP contribution in [0.3, 0.4) is 0 Å². The summed E-state index contributed by atoms with van der Waals surface area (Å²) in [6.07, 6.45) is 38.2. The smallest absolute Gasteiger partial charge is 0.0652 e. The van der Waals surface area contributed by atoms with Gasteiger partial charge in [-0.25, -0.2) is 0 Å². The van der Waals surface area contributed by atoms with Crippen molar-refractivity contribution in [3.63, 3.8) is 0 Å². The highest BCUT2D eigenvalue weighted by Gasteiger charge is 2.35. The van der Waals surface area contributed by atoms with Crippen molar-refractivity contribution >= 4 is 0 Å². The number of methoxy groups -OCH3 is 1. The van der Waals surface area contributed by atoms with Gasteiger partial charge in [0.1, 0.15) is 0 Å². The molecule has 0 N–H and O–H groups in total. The average Bonchev–Trinajstić information content (AvgIpc) is 3.07. The summed E-state index contributed by atoms with van der Waals surface area (Å²) in [5.74, 6) is 0. The summed E-state index contributed by atoms with van der Waals surface area (Å²) in [6, 6.07) is 0.735. The van der Waals surface area contributed by atoms with Crippen molar-refractivity contribution in [2.24, 2.45) is 10.8 Å². The van der Waals surface area contributed by atoms with Crippen LogP contribution in [0.15, 0.2) is 0 Å². The first kappa shape index (κ1) is 49.9. The van der Waals surface area contributed by atoms with E-state index in [0.29, 0.717) is 10.8 Å². The van der Waals surface area contributed by atoms with Crippen molar-refractivity contribution in [2.45, 2.75) is 266 Å². The van der Waals surface area contributed by atoms with Crippen molar-refractivity contribution in [3.05, 3.63) is 0 Å².